The van der Waals surface area contributed by atoms with Crippen molar-refractivity contribution in [1.82, 2.24) is 4.98 Å². The number of benzene rings is 1. The highest BCUT2D eigenvalue weighted by Crippen LogP contribution is 2.38. The molecule has 0 unspecified atom stereocenters. The minimum Gasteiger partial charge on any atom is -0.455 e. The van der Waals surface area contributed by atoms with Crippen molar-refractivity contribution in [3.05, 3.63) is 35.2 Å². The molecule has 3 rings (SSSR count). The highest BCUT2D eigenvalue weighted by Gasteiger charge is 2.40. The van der Waals surface area contributed by atoms with Crippen LogP contribution in [-0.4, -0.2) is 23.5 Å². The number of thiazole rings is 1. The number of nitrogens with zero attached hydrogens (tertiary/aromatic N) is 1. The molecule has 23 heavy (non-hydrogen) atoms. The standard InChI is InChI=1S/C17H18N2O3S/c1-10-3-5-12(6-4-10)14-9-23-17(18-14)19-15(20)8-22-16(21)13-7-11(13)2/h3-6,9,11,13H,7-8H2,1-2H3,(H,18,19,20)/t11-,13-/m0/s1. The van der Waals surface area contributed by atoms with Gasteiger partial charge in [-0.15, -0.1) is 11.3 Å². The smallest absolute Gasteiger partial charge is 0.309 e. The van der Waals surface area contributed by atoms with Crippen LogP contribution in [0.2, 0.25) is 0 Å². The van der Waals surface area contributed by atoms with Crippen LogP contribution in [0.15, 0.2) is 29.6 Å². The number of ether oxygens (including phenoxy) is 1. The lowest BCUT2D eigenvalue weighted by atomic mass is 10.1. The summed E-state index contributed by atoms with van der Waals surface area (Å²) in [6, 6.07) is 8.03. The van der Waals surface area contributed by atoms with Crippen molar-refractivity contribution >= 4 is 28.3 Å². The Balaban J connectivity index is 1.53. The zero-order chi connectivity index (χ0) is 16.4. The summed E-state index contributed by atoms with van der Waals surface area (Å²) in [5, 5.41) is 5.05. The van der Waals surface area contributed by atoms with Crippen molar-refractivity contribution in [1.29, 1.82) is 0 Å². The quantitative estimate of drug-likeness (QED) is 0.855. The molecule has 1 fully saturated rings. The van der Waals surface area contributed by atoms with Crippen LogP contribution < -0.4 is 5.32 Å². The van der Waals surface area contributed by atoms with E-state index in [1.54, 1.807) is 0 Å². The Hall–Kier alpha value is -2.21. The lowest BCUT2D eigenvalue weighted by Gasteiger charge is -2.03. The molecular formula is C17H18N2O3S. The molecule has 1 aliphatic rings. The SMILES string of the molecule is Cc1ccc(-c2csc(NC(=O)COC(=O)[C@H]3C[C@@H]3C)n2)cc1. The van der Waals surface area contributed by atoms with Gasteiger partial charge in [0.1, 0.15) is 0 Å². The molecule has 0 bridgehead atoms. The molecule has 2 aromatic rings. The summed E-state index contributed by atoms with van der Waals surface area (Å²) < 4.78 is 5.00. The summed E-state index contributed by atoms with van der Waals surface area (Å²) >= 11 is 1.35. The molecule has 0 aliphatic heterocycles. The number of nitrogens with one attached hydrogen (secondary N) is 1. The summed E-state index contributed by atoms with van der Waals surface area (Å²) in [5.41, 5.74) is 3.00. The maximum Gasteiger partial charge on any atom is 0.309 e. The van der Waals surface area contributed by atoms with E-state index in [1.165, 1.54) is 16.9 Å². The van der Waals surface area contributed by atoms with Crippen LogP contribution in [0.4, 0.5) is 5.13 Å². The predicted octanol–water partition coefficient (Wildman–Crippen LogP) is 3.26. The first-order valence-corrected chi connectivity index (χ1v) is 8.40. The molecule has 1 aromatic carbocycles. The van der Waals surface area contributed by atoms with Crippen molar-refractivity contribution < 1.29 is 14.3 Å². The van der Waals surface area contributed by atoms with Gasteiger partial charge in [0, 0.05) is 10.9 Å². The third kappa shape index (κ3) is 3.96. The second-order valence-corrected chi connectivity index (χ2v) is 6.74. The van der Waals surface area contributed by atoms with E-state index in [-0.39, 0.29) is 24.4 Å². The van der Waals surface area contributed by atoms with Gasteiger partial charge in [-0.1, -0.05) is 36.8 Å². The number of aryl methyl sites for hydroxylation is 1. The van der Waals surface area contributed by atoms with Crippen LogP contribution in [-0.2, 0) is 14.3 Å². The van der Waals surface area contributed by atoms with E-state index in [9.17, 15) is 9.59 Å². The van der Waals surface area contributed by atoms with Gasteiger partial charge in [-0.3, -0.25) is 14.9 Å². The monoisotopic (exact) mass is 330 g/mol. The maximum absolute atomic E-state index is 11.8. The summed E-state index contributed by atoms with van der Waals surface area (Å²) in [7, 11) is 0. The van der Waals surface area contributed by atoms with Crippen LogP contribution >= 0.6 is 11.3 Å². The van der Waals surface area contributed by atoms with E-state index in [2.05, 4.69) is 10.3 Å². The molecule has 2 atom stereocenters. The van der Waals surface area contributed by atoms with E-state index in [0.717, 1.165) is 17.7 Å². The molecule has 120 valence electrons. The first kappa shape index (κ1) is 15.7. The molecule has 5 nitrogen and oxygen atoms in total. The zero-order valence-electron chi connectivity index (χ0n) is 13.0. The molecule has 6 heteroatoms. The molecule has 1 heterocycles. The third-order valence-electron chi connectivity index (χ3n) is 3.86. The van der Waals surface area contributed by atoms with E-state index in [1.807, 2.05) is 43.5 Å². The number of hydrogen-bond donors (Lipinski definition) is 1. The number of anilines is 1. The van der Waals surface area contributed by atoms with Gasteiger partial charge < -0.3 is 4.74 Å². The van der Waals surface area contributed by atoms with Crippen molar-refractivity contribution in [3.63, 3.8) is 0 Å². The van der Waals surface area contributed by atoms with Crippen LogP contribution in [0.5, 0.6) is 0 Å². The molecular weight excluding hydrogens is 312 g/mol. The molecule has 1 aliphatic carbocycles. The fourth-order valence-electron chi connectivity index (χ4n) is 2.24. The Bertz CT molecular complexity index is 724. The number of aromatic nitrogens is 1. The minimum atomic E-state index is -0.364. The number of hydrogen-bond acceptors (Lipinski definition) is 5. The Morgan fingerprint density at radius 3 is 2.70 bits per heavy atom. The summed E-state index contributed by atoms with van der Waals surface area (Å²) in [5.74, 6) is -0.305. The maximum atomic E-state index is 11.8. The van der Waals surface area contributed by atoms with Crippen molar-refractivity contribution in [2.45, 2.75) is 20.3 Å². The van der Waals surface area contributed by atoms with Gasteiger partial charge >= 0.3 is 5.97 Å². The molecule has 1 N–H and O–H groups in total. The number of amides is 1. The second-order valence-electron chi connectivity index (χ2n) is 5.88. The van der Waals surface area contributed by atoms with Crippen LogP contribution in [0.25, 0.3) is 11.3 Å². The van der Waals surface area contributed by atoms with Gasteiger partial charge in [-0.2, -0.15) is 0 Å². The molecule has 1 amide bonds. The average molecular weight is 330 g/mol. The van der Waals surface area contributed by atoms with Crippen LogP contribution in [0.3, 0.4) is 0 Å². The average Bonchev–Trinajstić information content (AvgIpc) is 3.08. The highest BCUT2D eigenvalue weighted by molar-refractivity contribution is 7.14. The molecule has 0 saturated heterocycles. The Morgan fingerprint density at radius 1 is 1.35 bits per heavy atom. The van der Waals surface area contributed by atoms with Crippen molar-refractivity contribution in [2.24, 2.45) is 11.8 Å². The van der Waals surface area contributed by atoms with E-state index in [4.69, 9.17) is 4.74 Å². The highest BCUT2D eigenvalue weighted by atomic mass is 32.1. The minimum absolute atomic E-state index is 0.0317. The topological polar surface area (TPSA) is 68.3 Å². The first-order chi connectivity index (χ1) is 11.0. The number of rotatable bonds is 5. The summed E-state index contributed by atoms with van der Waals surface area (Å²) in [4.78, 5) is 27.8. The van der Waals surface area contributed by atoms with Crippen LogP contribution in [0.1, 0.15) is 18.9 Å². The molecule has 0 spiro atoms. The first-order valence-electron chi connectivity index (χ1n) is 7.52. The van der Waals surface area contributed by atoms with E-state index in [0.29, 0.717) is 11.0 Å². The fraction of sp³-hybridized carbons (Fsp3) is 0.353. The Morgan fingerprint density at radius 2 is 2.04 bits per heavy atom. The Kier molecular flexibility index (Phi) is 4.43. The zero-order valence-corrected chi connectivity index (χ0v) is 13.9. The normalized spacial score (nSPS) is 19.2. The number of carbonyl (C=O) groups excluding carboxylic acids is 2. The molecule has 0 radical (unpaired) electrons. The largest absolute Gasteiger partial charge is 0.455 e. The Labute approximate surface area is 138 Å². The molecule has 1 saturated carbocycles. The van der Waals surface area contributed by atoms with E-state index >= 15 is 0 Å². The second kappa shape index (κ2) is 6.50. The van der Waals surface area contributed by atoms with Gasteiger partial charge in [0.15, 0.2) is 11.7 Å². The lowest BCUT2D eigenvalue weighted by Crippen LogP contribution is -2.21. The van der Waals surface area contributed by atoms with Gasteiger partial charge in [0.2, 0.25) is 0 Å². The van der Waals surface area contributed by atoms with Gasteiger partial charge in [0.05, 0.1) is 11.6 Å². The van der Waals surface area contributed by atoms with Gasteiger partial charge in [0.25, 0.3) is 5.91 Å². The van der Waals surface area contributed by atoms with Crippen molar-refractivity contribution in [2.75, 3.05) is 11.9 Å². The summed E-state index contributed by atoms with van der Waals surface area (Å²) in [6.07, 6.45) is 0.854. The lowest BCUT2D eigenvalue weighted by molar-refractivity contribution is -0.148. The van der Waals surface area contributed by atoms with Gasteiger partial charge in [-0.25, -0.2) is 4.98 Å². The van der Waals surface area contributed by atoms with Crippen molar-refractivity contribution in [3.8, 4) is 11.3 Å². The summed E-state index contributed by atoms with van der Waals surface area (Å²) in [6.45, 7) is 3.76. The van der Waals surface area contributed by atoms with Crippen LogP contribution in [0, 0.1) is 18.8 Å². The molecule has 1 aromatic heterocycles. The predicted molar refractivity (Wildman–Crippen MR) is 89.1 cm³/mol. The number of carbonyl (C=O) groups is 2. The third-order valence-corrected chi connectivity index (χ3v) is 4.61. The fourth-order valence-corrected chi connectivity index (χ4v) is 2.97. The number of esters is 1. The van der Waals surface area contributed by atoms with Gasteiger partial charge in [-0.05, 0) is 19.3 Å². The van der Waals surface area contributed by atoms with E-state index < -0.39 is 0 Å².